The van der Waals surface area contributed by atoms with Crippen LogP contribution in [-0.4, -0.2) is 22.1 Å². The minimum absolute atomic E-state index is 0.205. The maximum absolute atomic E-state index is 13.4. The molecule has 4 heteroatoms. The number of nitrogens with one attached hydrogen (secondary N) is 1. The predicted octanol–water partition coefficient (Wildman–Crippen LogP) is 3.44. The summed E-state index contributed by atoms with van der Waals surface area (Å²) in [7, 11) is 0. The molecule has 20 heavy (non-hydrogen) atoms. The van der Waals surface area contributed by atoms with Crippen molar-refractivity contribution in [1.29, 1.82) is 0 Å². The van der Waals surface area contributed by atoms with E-state index in [0.29, 0.717) is 12.0 Å². The van der Waals surface area contributed by atoms with Gasteiger partial charge in [-0.15, -0.1) is 0 Å². The Morgan fingerprint density at radius 3 is 3.05 bits per heavy atom. The van der Waals surface area contributed by atoms with Crippen LogP contribution >= 0.6 is 0 Å². The van der Waals surface area contributed by atoms with E-state index in [2.05, 4.69) is 23.7 Å². The van der Waals surface area contributed by atoms with E-state index in [9.17, 15) is 4.39 Å². The number of halogens is 1. The molecule has 2 heterocycles. The molecular weight excluding hydrogens is 253 g/mol. The quantitative estimate of drug-likeness (QED) is 0.930. The molecule has 2 aromatic rings. The molecule has 0 aliphatic carbocycles. The zero-order chi connectivity index (χ0) is 14.1. The number of benzene rings is 1. The number of hydrogen-bond donors (Lipinski definition) is 1. The van der Waals surface area contributed by atoms with Crippen molar-refractivity contribution in [2.24, 2.45) is 0 Å². The van der Waals surface area contributed by atoms with E-state index in [1.807, 2.05) is 6.07 Å². The van der Waals surface area contributed by atoms with E-state index >= 15 is 0 Å². The van der Waals surface area contributed by atoms with Crippen molar-refractivity contribution in [3.8, 4) is 0 Å². The first-order chi connectivity index (χ1) is 9.69. The Bertz CT molecular complexity index is 605. The fourth-order valence-corrected chi connectivity index (χ4v) is 3.26. The third kappa shape index (κ3) is 2.44. The van der Waals surface area contributed by atoms with Gasteiger partial charge in [0.1, 0.15) is 11.6 Å². The minimum Gasteiger partial charge on any atom is -0.328 e. The van der Waals surface area contributed by atoms with Gasteiger partial charge in [-0.2, -0.15) is 0 Å². The van der Waals surface area contributed by atoms with Crippen LogP contribution in [0.5, 0.6) is 0 Å². The molecule has 1 aliphatic rings. The third-order valence-corrected chi connectivity index (χ3v) is 4.18. The number of imidazole rings is 1. The first kappa shape index (κ1) is 13.6. The lowest BCUT2D eigenvalue weighted by Crippen LogP contribution is -2.35. The van der Waals surface area contributed by atoms with Crippen LogP contribution in [0.4, 0.5) is 4.39 Å². The number of rotatable bonds is 3. The molecule has 1 aliphatic heterocycles. The molecule has 108 valence electrons. The molecule has 3 rings (SSSR count). The van der Waals surface area contributed by atoms with E-state index in [-0.39, 0.29) is 5.82 Å². The number of nitrogens with zero attached hydrogens (tertiary/aromatic N) is 2. The SMILES string of the molecule is CCCn1c(C2CCNC(C)C2)nc2cc(F)ccc21. The second-order valence-electron chi connectivity index (χ2n) is 5.83. The molecule has 0 saturated carbocycles. The monoisotopic (exact) mass is 275 g/mol. The Labute approximate surface area is 119 Å². The number of fused-ring (bicyclic) bond motifs is 1. The Morgan fingerprint density at radius 1 is 1.45 bits per heavy atom. The summed E-state index contributed by atoms with van der Waals surface area (Å²) in [6.45, 7) is 6.38. The van der Waals surface area contributed by atoms with Gasteiger partial charge in [-0.05, 0) is 44.9 Å². The van der Waals surface area contributed by atoms with Crippen LogP contribution in [0, 0.1) is 5.82 Å². The molecule has 0 spiro atoms. The fourth-order valence-electron chi connectivity index (χ4n) is 3.26. The Morgan fingerprint density at radius 2 is 2.30 bits per heavy atom. The highest BCUT2D eigenvalue weighted by atomic mass is 19.1. The molecule has 1 aromatic carbocycles. The van der Waals surface area contributed by atoms with E-state index in [1.54, 1.807) is 6.07 Å². The van der Waals surface area contributed by atoms with Crippen LogP contribution in [0.15, 0.2) is 18.2 Å². The molecular formula is C16H22FN3. The maximum Gasteiger partial charge on any atom is 0.125 e. The van der Waals surface area contributed by atoms with Crippen molar-refractivity contribution in [3.05, 3.63) is 29.8 Å². The normalized spacial score (nSPS) is 23.4. The van der Waals surface area contributed by atoms with E-state index in [0.717, 1.165) is 49.2 Å². The molecule has 1 saturated heterocycles. The van der Waals surface area contributed by atoms with Gasteiger partial charge in [0.25, 0.3) is 0 Å². The number of aryl methyl sites for hydroxylation is 1. The molecule has 3 nitrogen and oxygen atoms in total. The summed E-state index contributed by atoms with van der Waals surface area (Å²) < 4.78 is 15.7. The van der Waals surface area contributed by atoms with E-state index in [4.69, 9.17) is 4.98 Å². The summed E-state index contributed by atoms with van der Waals surface area (Å²) in [5.41, 5.74) is 1.86. The number of aromatic nitrogens is 2. The number of hydrogen-bond acceptors (Lipinski definition) is 2. The molecule has 0 amide bonds. The second kappa shape index (κ2) is 5.52. The first-order valence-electron chi connectivity index (χ1n) is 7.58. The lowest BCUT2D eigenvalue weighted by molar-refractivity contribution is 0.364. The summed E-state index contributed by atoms with van der Waals surface area (Å²) in [5.74, 6) is 1.41. The lowest BCUT2D eigenvalue weighted by Gasteiger charge is -2.28. The zero-order valence-corrected chi connectivity index (χ0v) is 12.2. The zero-order valence-electron chi connectivity index (χ0n) is 12.2. The molecule has 1 aromatic heterocycles. The van der Waals surface area contributed by atoms with Crippen molar-refractivity contribution < 1.29 is 4.39 Å². The summed E-state index contributed by atoms with van der Waals surface area (Å²) in [6, 6.07) is 5.47. The average Bonchev–Trinajstić information content (AvgIpc) is 2.77. The van der Waals surface area contributed by atoms with Crippen LogP contribution in [0.1, 0.15) is 44.9 Å². The summed E-state index contributed by atoms with van der Waals surface area (Å²) in [5, 5.41) is 3.48. The molecule has 2 unspecified atom stereocenters. The fraction of sp³-hybridized carbons (Fsp3) is 0.562. The molecule has 1 fully saturated rings. The number of piperidine rings is 1. The largest absolute Gasteiger partial charge is 0.328 e. The Hall–Kier alpha value is -1.42. The van der Waals surface area contributed by atoms with Gasteiger partial charge >= 0.3 is 0 Å². The molecule has 0 bridgehead atoms. The van der Waals surface area contributed by atoms with Crippen LogP contribution in [0.2, 0.25) is 0 Å². The van der Waals surface area contributed by atoms with Gasteiger partial charge in [-0.25, -0.2) is 9.37 Å². The van der Waals surface area contributed by atoms with Gasteiger partial charge in [0, 0.05) is 24.6 Å². The van der Waals surface area contributed by atoms with Gasteiger partial charge in [-0.1, -0.05) is 6.92 Å². The Balaban J connectivity index is 2.06. The summed E-state index contributed by atoms with van der Waals surface area (Å²) in [6.07, 6.45) is 3.28. The van der Waals surface area contributed by atoms with Crippen LogP contribution in [-0.2, 0) is 6.54 Å². The summed E-state index contributed by atoms with van der Waals surface area (Å²) in [4.78, 5) is 4.75. The highest BCUT2D eigenvalue weighted by molar-refractivity contribution is 5.76. The van der Waals surface area contributed by atoms with Crippen molar-refractivity contribution in [2.75, 3.05) is 6.54 Å². The van der Waals surface area contributed by atoms with Crippen molar-refractivity contribution in [2.45, 2.75) is 51.6 Å². The standard InChI is InChI=1S/C16H22FN3/c1-3-8-20-15-5-4-13(17)10-14(15)19-16(20)12-6-7-18-11(2)9-12/h4-5,10-12,18H,3,6-9H2,1-2H3. The van der Waals surface area contributed by atoms with Gasteiger partial charge in [0.2, 0.25) is 0 Å². The van der Waals surface area contributed by atoms with Gasteiger partial charge in [0.15, 0.2) is 0 Å². The van der Waals surface area contributed by atoms with Crippen molar-refractivity contribution >= 4 is 11.0 Å². The average molecular weight is 275 g/mol. The van der Waals surface area contributed by atoms with Gasteiger partial charge in [-0.3, -0.25) is 0 Å². The van der Waals surface area contributed by atoms with Crippen LogP contribution < -0.4 is 5.32 Å². The van der Waals surface area contributed by atoms with Crippen LogP contribution in [0.3, 0.4) is 0 Å². The summed E-state index contributed by atoms with van der Waals surface area (Å²) >= 11 is 0. The van der Waals surface area contributed by atoms with Crippen molar-refractivity contribution in [1.82, 2.24) is 14.9 Å². The smallest absolute Gasteiger partial charge is 0.125 e. The molecule has 2 atom stereocenters. The minimum atomic E-state index is -0.205. The second-order valence-corrected chi connectivity index (χ2v) is 5.83. The van der Waals surface area contributed by atoms with Crippen molar-refractivity contribution in [3.63, 3.8) is 0 Å². The van der Waals surface area contributed by atoms with Crippen LogP contribution in [0.25, 0.3) is 11.0 Å². The highest BCUT2D eigenvalue weighted by Crippen LogP contribution is 2.30. The van der Waals surface area contributed by atoms with E-state index < -0.39 is 0 Å². The Kier molecular flexibility index (Phi) is 3.74. The molecule has 1 N–H and O–H groups in total. The third-order valence-electron chi connectivity index (χ3n) is 4.18. The highest BCUT2D eigenvalue weighted by Gasteiger charge is 2.25. The maximum atomic E-state index is 13.4. The van der Waals surface area contributed by atoms with E-state index in [1.165, 1.54) is 6.07 Å². The lowest BCUT2D eigenvalue weighted by atomic mass is 9.92. The predicted molar refractivity (Wildman–Crippen MR) is 79.4 cm³/mol. The van der Waals surface area contributed by atoms with Gasteiger partial charge in [0.05, 0.1) is 11.0 Å². The van der Waals surface area contributed by atoms with Gasteiger partial charge < -0.3 is 9.88 Å². The molecule has 0 radical (unpaired) electrons. The first-order valence-corrected chi connectivity index (χ1v) is 7.58. The topological polar surface area (TPSA) is 29.9 Å².